The second kappa shape index (κ2) is 16.5. The zero-order valence-corrected chi connectivity index (χ0v) is 37.6. The molecule has 0 aromatic heterocycles. The molecule has 0 aliphatic heterocycles. The highest BCUT2D eigenvalue weighted by molar-refractivity contribution is 7.17. The van der Waals surface area contributed by atoms with Gasteiger partial charge in [-0.15, -0.1) is 0 Å². The molecule has 0 amide bonds. The van der Waals surface area contributed by atoms with Crippen LogP contribution in [0.5, 0.6) is 0 Å². The normalized spacial score (nSPS) is 18.0. The van der Waals surface area contributed by atoms with E-state index in [0.717, 1.165) is 29.9 Å². The molecule has 0 radical (unpaired) electrons. The minimum Gasteiger partial charge on any atom is -0.314 e. The highest BCUT2D eigenvalue weighted by atomic mass is 28.3. The predicted octanol–water partition coefficient (Wildman–Crippen LogP) is 13.9. The molecule has 0 bridgehead atoms. The van der Waals surface area contributed by atoms with Crippen LogP contribution in [0.2, 0.25) is 0 Å². The zero-order chi connectivity index (χ0) is 43.1. The smallest absolute Gasteiger partial charge is 0.181 e. The van der Waals surface area contributed by atoms with Crippen molar-refractivity contribution < 1.29 is 0 Å². The average Bonchev–Trinajstić information content (AvgIpc) is 3.60. The Hall–Kier alpha value is -7.20. The van der Waals surface area contributed by atoms with E-state index in [-0.39, 0.29) is 11.3 Å². The number of hydrogen-bond donors (Lipinski definition) is 0. The molecule has 8 aromatic rings. The van der Waals surface area contributed by atoms with Crippen molar-refractivity contribution in [1.82, 2.24) is 0 Å². The molecule has 3 aliphatic rings. The van der Waals surface area contributed by atoms with Gasteiger partial charge in [0.2, 0.25) is 0 Å². The molecular formula is C61H52N2Si. The summed E-state index contributed by atoms with van der Waals surface area (Å²) < 4.78 is 0. The summed E-state index contributed by atoms with van der Waals surface area (Å²) in [5, 5.41) is 7.96. The Morgan fingerprint density at radius 1 is 0.516 bits per heavy atom. The maximum Gasteiger partial charge on any atom is 0.181 e. The van der Waals surface area contributed by atoms with E-state index in [0.29, 0.717) is 5.92 Å². The van der Waals surface area contributed by atoms with Crippen molar-refractivity contribution in [2.45, 2.75) is 38.0 Å². The van der Waals surface area contributed by atoms with Crippen molar-refractivity contribution in [3.8, 4) is 0 Å². The lowest BCUT2D eigenvalue weighted by Crippen LogP contribution is -2.69. The lowest BCUT2D eigenvalue weighted by molar-refractivity contribution is 0.385. The van der Waals surface area contributed by atoms with Gasteiger partial charge in [-0.25, -0.2) is 0 Å². The van der Waals surface area contributed by atoms with E-state index in [1.54, 1.807) is 0 Å². The number of fused-ring (bicyclic) bond motifs is 4. The first-order chi connectivity index (χ1) is 31.5. The summed E-state index contributed by atoms with van der Waals surface area (Å²) in [6.07, 6.45) is 16.7. The van der Waals surface area contributed by atoms with Gasteiger partial charge in [-0.3, -0.25) is 0 Å². The van der Waals surface area contributed by atoms with E-state index >= 15 is 0 Å². The first kappa shape index (κ1) is 39.6. The average molecular weight is 841 g/mol. The molecule has 0 spiro atoms. The minimum atomic E-state index is -3.12. The maximum atomic E-state index is 2.63. The van der Waals surface area contributed by atoms with E-state index in [1.165, 1.54) is 59.7 Å². The molecule has 310 valence electrons. The van der Waals surface area contributed by atoms with E-state index in [1.807, 2.05) is 0 Å². The van der Waals surface area contributed by atoms with Gasteiger partial charge in [0.05, 0.1) is 0 Å². The minimum absolute atomic E-state index is 0.0183. The number of rotatable bonds is 10. The number of allylic oxidation sites excluding steroid dienone is 8. The highest BCUT2D eigenvalue weighted by Crippen LogP contribution is 2.57. The van der Waals surface area contributed by atoms with Crippen LogP contribution in [0.3, 0.4) is 0 Å². The van der Waals surface area contributed by atoms with E-state index in [2.05, 4.69) is 266 Å². The molecule has 2 nitrogen and oxygen atoms in total. The Labute approximate surface area is 379 Å². The van der Waals surface area contributed by atoms with Crippen molar-refractivity contribution >= 4 is 62.8 Å². The number of anilines is 5. The summed E-state index contributed by atoms with van der Waals surface area (Å²) in [5.74, 6) is 0.509. The Bertz CT molecular complexity index is 3110. The molecule has 0 heterocycles. The summed E-state index contributed by atoms with van der Waals surface area (Å²) in [5.41, 5.74) is 9.96. The maximum absolute atomic E-state index is 3.12. The fourth-order valence-corrected chi connectivity index (χ4v) is 16.3. The lowest BCUT2D eigenvalue weighted by atomic mass is 9.73. The molecule has 0 fully saturated rings. The van der Waals surface area contributed by atoms with Crippen LogP contribution in [-0.4, -0.2) is 8.07 Å². The van der Waals surface area contributed by atoms with Crippen LogP contribution in [0.4, 0.5) is 28.4 Å². The van der Waals surface area contributed by atoms with Crippen LogP contribution in [-0.2, 0) is 5.41 Å². The molecule has 3 heteroatoms. The fourth-order valence-electron chi connectivity index (χ4n) is 11.2. The highest BCUT2D eigenvalue weighted by Gasteiger charge is 2.50. The zero-order valence-electron chi connectivity index (χ0n) is 36.6. The number of benzene rings is 8. The van der Waals surface area contributed by atoms with Crippen LogP contribution in [0.25, 0.3) is 10.8 Å². The SMILES string of the molecule is CC1(C)c2ccccc2C2C(N(c3ccccc3)c3ccccc3[Si](C3=CCCC=C3)(c3ccccc3)c3cccc(N(c4ccccc4)c4ccc5ccccc5c4)c3)=CC=CC21. The van der Waals surface area contributed by atoms with Crippen LogP contribution in [0.1, 0.15) is 43.7 Å². The van der Waals surface area contributed by atoms with Gasteiger partial charge in [0.25, 0.3) is 0 Å². The summed E-state index contributed by atoms with van der Waals surface area (Å²) >= 11 is 0. The lowest BCUT2D eigenvalue weighted by Gasteiger charge is -2.42. The Balaban J connectivity index is 1.18. The van der Waals surface area contributed by atoms with Gasteiger partial charge in [0, 0.05) is 40.1 Å². The van der Waals surface area contributed by atoms with Crippen molar-refractivity contribution in [3.63, 3.8) is 0 Å². The van der Waals surface area contributed by atoms with Gasteiger partial charge >= 0.3 is 0 Å². The first-order valence-corrected chi connectivity index (χ1v) is 24.8. The predicted molar refractivity (Wildman–Crippen MR) is 274 cm³/mol. The third-order valence-electron chi connectivity index (χ3n) is 14.1. The van der Waals surface area contributed by atoms with Gasteiger partial charge in [-0.2, -0.15) is 0 Å². The molecule has 0 N–H and O–H groups in total. The standard InChI is InChI=1S/C61H52N2Si/c1-61(2)55-36-18-17-35-54(55)60-56(61)37-22-39-58(60)63(48-27-9-4-10-28-48)57-38-19-20-40-59(57)64(51-30-11-5-12-31-51,52-32-13-6-14-33-52)53-34-21-29-49(44-53)62(47-25-7-3-8-26-47)50-42-41-45-23-15-16-24-46(45)43-50/h3-5,7-13,15-44,56,60H,6,14H2,1-2H3. The second-order valence-corrected chi connectivity index (χ2v) is 21.8. The van der Waals surface area contributed by atoms with Crippen LogP contribution >= 0.6 is 0 Å². The van der Waals surface area contributed by atoms with Gasteiger partial charge in [0.1, 0.15) is 0 Å². The van der Waals surface area contributed by atoms with Gasteiger partial charge in [-0.05, 0) is 128 Å². The largest absolute Gasteiger partial charge is 0.314 e. The summed E-state index contributed by atoms with van der Waals surface area (Å²) in [6, 6.07) is 77.0. The van der Waals surface area contributed by atoms with E-state index in [9.17, 15) is 0 Å². The summed E-state index contributed by atoms with van der Waals surface area (Å²) in [4.78, 5) is 5.06. The molecule has 64 heavy (non-hydrogen) atoms. The quantitative estimate of drug-likeness (QED) is 0.1000. The second-order valence-electron chi connectivity index (χ2n) is 18.0. The number of hydrogen-bond acceptors (Lipinski definition) is 2. The molecule has 0 saturated carbocycles. The Morgan fingerprint density at radius 2 is 1.14 bits per heavy atom. The first-order valence-electron chi connectivity index (χ1n) is 22.8. The molecule has 3 atom stereocenters. The van der Waals surface area contributed by atoms with Crippen LogP contribution < -0.4 is 25.4 Å². The van der Waals surface area contributed by atoms with Crippen molar-refractivity contribution in [1.29, 1.82) is 0 Å². The summed E-state index contributed by atoms with van der Waals surface area (Å²) in [7, 11) is -3.12. The topological polar surface area (TPSA) is 6.48 Å². The van der Waals surface area contributed by atoms with Gasteiger partial charge in [0.15, 0.2) is 8.07 Å². The third kappa shape index (κ3) is 6.62. The molecule has 3 aliphatic carbocycles. The van der Waals surface area contributed by atoms with Crippen LogP contribution in [0.15, 0.2) is 254 Å². The number of nitrogens with zero attached hydrogens (tertiary/aromatic N) is 2. The molecule has 11 rings (SSSR count). The Morgan fingerprint density at radius 3 is 1.91 bits per heavy atom. The van der Waals surface area contributed by atoms with Crippen molar-refractivity contribution in [2.75, 3.05) is 9.80 Å². The van der Waals surface area contributed by atoms with Crippen molar-refractivity contribution in [3.05, 3.63) is 265 Å². The van der Waals surface area contributed by atoms with Crippen LogP contribution in [0, 0.1) is 5.92 Å². The molecular weight excluding hydrogens is 789 g/mol. The number of para-hydroxylation sites is 3. The third-order valence-corrected chi connectivity index (χ3v) is 18.9. The van der Waals surface area contributed by atoms with Gasteiger partial charge in [-0.1, -0.05) is 196 Å². The molecule has 0 saturated heterocycles. The Kier molecular flexibility index (Phi) is 10.2. The van der Waals surface area contributed by atoms with E-state index < -0.39 is 8.07 Å². The monoisotopic (exact) mass is 840 g/mol. The fraction of sp³-hybridized carbons (Fsp3) is 0.115. The van der Waals surface area contributed by atoms with Crippen molar-refractivity contribution in [2.24, 2.45) is 5.92 Å². The molecule has 3 unspecified atom stereocenters. The molecule has 8 aromatic carbocycles. The van der Waals surface area contributed by atoms with E-state index in [4.69, 9.17) is 0 Å². The summed E-state index contributed by atoms with van der Waals surface area (Å²) in [6.45, 7) is 4.87. The van der Waals surface area contributed by atoms with Gasteiger partial charge < -0.3 is 9.80 Å².